The van der Waals surface area contributed by atoms with Gasteiger partial charge in [0, 0.05) is 18.5 Å². The van der Waals surface area contributed by atoms with Crippen molar-refractivity contribution in [3.63, 3.8) is 0 Å². The van der Waals surface area contributed by atoms with E-state index in [0.29, 0.717) is 0 Å². The van der Waals surface area contributed by atoms with Crippen molar-refractivity contribution in [1.82, 2.24) is 9.78 Å². The lowest BCUT2D eigenvalue weighted by molar-refractivity contribution is 0.768. The molecule has 15 heavy (non-hydrogen) atoms. The molecule has 1 aromatic heterocycles. The Kier molecular flexibility index (Phi) is 2.20. The number of aromatic nitrogens is 2. The minimum Gasteiger partial charge on any atom is -0.332 e. The van der Waals surface area contributed by atoms with E-state index in [2.05, 4.69) is 15.4 Å². The maximum absolute atomic E-state index is 4.51. The van der Waals surface area contributed by atoms with Gasteiger partial charge in [0.05, 0.1) is 18.4 Å². The van der Waals surface area contributed by atoms with E-state index in [1.54, 1.807) is 4.68 Å². The zero-order chi connectivity index (χ0) is 10.3. The highest BCUT2D eigenvalue weighted by molar-refractivity contribution is 8.15. The minimum atomic E-state index is 0.726. The van der Waals surface area contributed by atoms with E-state index >= 15 is 0 Å². The zero-order valence-corrected chi connectivity index (χ0v) is 9.50. The van der Waals surface area contributed by atoms with E-state index in [-0.39, 0.29) is 0 Å². The average molecular weight is 222 g/mol. The van der Waals surface area contributed by atoms with Crippen molar-refractivity contribution in [3.05, 3.63) is 12.4 Å². The lowest BCUT2D eigenvalue weighted by Gasteiger charge is -2.05. The molecule has 0 spiro atoms. The summed E-state index contributed by atoms with van der Waals surface area (Å²) in [7, 11) is 1.92. The molecule has 5 heteroatoms. The Morgan fingerprint density at radius 3 is 3.07 bits per heavy atom. The Hall–Kier alpha value is -0.970. The van der Waals surface area contributed by atoms with Crippen LogP contribution in [0, 0.1) is 5.92 Å². The van der Waals surface area contributed by atoms with Crippen molar-refractivity contribution in [3.8, 4) is 0 Å². The van der Waals surface area contributed by atoms with Crippen molar-refractivity contribution in [2.24, 2.45) is 18.0 Å². The van der Waals surface area contributed by atoms with Crippen LogP contribution in [0.2, 0.25) is 0 Å². The number of rotatable bonds is 2. The van der Waals surface area contributed by atoms with E-state index in [0.717, 1.165) is 28.6 Å². The maximum Gasteiger partial charge on any atom is 0.161 e. The summed E-state index contributed by atoms with van der Waals surface area (Å²) in [6, 6.07) is 0. The van der Waals surface area contributed by atoms with Crippen molar-refractivity contribution < 1.29 is 0 Å². The Balaban J connectivity index is 1.60. The number of thioether (sulfide) groups is 1. The quantitative estimate of drug-likeness (QED) is 0.828. The topological polar surface area (TPSA) is 42.2 Å². The molecule has 0 saturated heterocycles. The fourth-order valence-corrected chi connectivity index (χ4v) is 3.01. The molecule has 1 aliphatic carbocycles. The normalized spacial score (nSPS) is 25.4. The number of nitrogens with zero attached hydrogens (tertiary/aromatic N) is 3. The number of aliphatic imine (C=N–C) groups is 1. The van der Waals surface area contributed by atoms with Gasteiger partial charge in [-0.25, -0.2) is 0 Å². The predicted octanol–water partition coefficient (Wildman–Crippen LogP) is 1.71. The molecular weight excluding hydrogens is 208 g/mol. The lowest BCUT2D eigenvalue weighted by atomic mass is 10.3. The second kappa shape index (κ2) is 3.56. The van der Waals surface area contributed by atoms with Gasteiger partial charge in [0.1, 0.15) is 0 Å². The van der Waals surface area contributed by atoms with Crippen LogP contribution >= 0.6 is 11.8 Å². The lowest BCUT2D eigenvalue weighted by Crippen LogP contribution is -2.08. The minimum absolute atomic E-state index is 0.726. The second-order valence-electron chi connectivity index (χ2n) is 4.17. The van der Waals surface area contributed by atoms with Gasteiger partial charge >= 0.3 is 0 Å². The first-order valence-corrected chi connectivity index (χ1v) is 6.16. The van der Waals surface area contributed by atoms with Crippen LogP contribution in [0.1, 0.15) is 12.8 Å². The molecule has 1 aromatic rings. The molecule has 4 nitrogen and oxygen atoms in total. The molecule has 3 rings (SSSR count). The van der Waals surface area contributed by atoms with Crippen LogP contribution < -0.4 is 5.32 Å². The zero-order valence-electron chi connectivity index (χ0n) is 8.68. The molecule has 0 amide bonds. The van der Waals surface area contributed by atoms with E-state index in [1.165, 1.54) is 12.8 Å². The van der Waals surface area contributed by atoms with Crippen LogP contribution in [0.5, 0.6) is 0 Å². The van der Waals surface area contributed by atoms with E-state index < -0.39 is 0 Å². The van der Waals surface area contributed by atoms with Gasteiger partial charge in [-0.3, -0.25) is 9.67 Å². The summed E-state index contributed by atoms with van der Waals surface area (Å²) in [5, 5.41) is 9.20. The summed E-state index contributed by atoms with van der Waals surface area (Å²) in [6.07, 6.45) is 6.59. The van der Waals surface area contributed by atoms with Crippen LogP contribution in [-0.4, -0.2) is 26.7 Å². The van der Waals surface area contributed by atoms with Gasteiger partial charge in [-0.05, 0) is 18.8 Å². The molecule has 1 atom stereocenters. The standard InChI is InChI=1S/C10H14N4S/c1-14-6-8(4-12-14)13-10-11-5-9(15-10)7-2-3-7/h4,6-7,9H,2-3,5H2,1H3,(H,11,13). The third-order valence-corrected chi connectivity index (χ3v) is 4.07. The Labute approximate surface area is 93.1 Å². The van der Waals surface area contributed by atoms with E-state index in [1.807, 2.05) is 31.2 Å². The first-order chi connectivity index (χ1) is 7.31. The smallest absolute Gasteiger partial charge is 0.161 e. The molecule has 0 bridgehead atoms. The van der Waals surface area contributed by atoms with Gasteiger partial charge in [0.25, 0.3) is 0 Å². The van der Waals surface area contributed by atoms with Gasteiger partial charge in [0.15, 0.2) is 5.17 Å². The van der Waals surface area contributed by atoms with E-state index in [9.17, 15) is 0 Å². The summed E-state index contributed by atoms with van der Waals surface area (Å²) in [4.78, 5) is 4.51. The molecule has 1 saturated carbocycles. The van der Waals surface area contributed by atoms with Crippen LogP contribution in [0.25, 0.3) is 0 Å². The summed E-state index contributed by atoms with van der Waals surface area (Å²) in [5.74, 6) is 0.923. The van der Waals surface area contributed by atoms with Gasteiger partial charge in [-0.2, -0.15) is 5.10 Å². The first kappa shape index (κ1) is 9.27. The third kappa shape index (κ3) is 2.02. The van der Waals surface area contributed by atoms with Crippen LogP contribution in [-0.2, 0) is 7.05 Å². The Bertz CT molecular complexity index is 394. The number of amidine groups is 1. The number of hydrogen-bond donors (Lipinski definition) is 1. The SMILES string of the molecule is Cn1cc(NC2=NCC(C3CC3)S2)cn1. The molecular formula is C10H14N4S. The first-order valence-electron chi connectivity index (χ1n) is 5.28. The van der Waals surface area contributed by atoms with Crippen molar-refractivity contribution in [1.29, 1.82) is 0 Å². The number of hydrogen-bond acceptors (Lipinski definition) is 4. The number of anilines is 1. The molecule has 2 heterocycles. The molecule has 80 valence electrons. The summed E-state index contributed by atoms with van der Waals surface area (Å²) < 4.78 is 1.79. The monoisotopic (exact) mass is 222 g/mol. The predicted molar refractivity (Wildman–Crippen MR) is 63.2 cm³/mol. The Morgan fingerprint density at radius 1 is 1.53 bits per heavy atom. The van der Waals surface area contributed by atoms with Crippen LogP contribution in [0.4, 0.5) is 5.69 Å². The third-order valence-electron chi connectivity index (χ3n) is 2.78. The van der Waals surface area contributed by atoms with Crippen molar-refractivity contribution in [2.75, 3.05) is 11.9 Å². The highest BCUT2D eigenvalue weighted by atomic mass is 32.2. The molecule has 1 N–H and O–H groups in total. The molecule has 2 aliphatic rings. The average Bonchev–Trinajstić information content (AvgIpc) is 2.84. The van der Waals surface area contributed by atoms with Gasteiger partial charge in [-0.15, -0.1) is 0 Å². The molecule has 1 unspecified atom stereocenters. The van der Waals surface area contributed by atoms with Crippen LogP contribution in [0.15, 0.2) is 17.4 Å². The summed E-state index contributed by atoms with van der Waals surface area (Å²) in [6.45, 7) is 0.984. The number of nitrogens with one attached hydrogen (secondary N) is 1. The van der Waals surface area contributed by atoms with Crippen molar-refractivity contribution in [2.45, 2.75) is 18.1 Å². The van der Waals surface area contributed by atoms with Gasteiger partial charge in [0.2, 0.25) is 0 Å². The van der Waals surface area contributed by atoms with Crippen molar-refractivity contribution >= 4 is 22.6 Å². The fourth-order valence-electron chi connectivity index (χ4n) is 1.78. The summed E-state index contributed by atoms with van der Waals surface area (Å²) in [5.41, 5.74) is 1.03. The maximum atomic E-state index is 4.51. The second-order valence-corrected chi connectivity index (χ2v) is 5.40. The highest BCUT2D eigenvalue weighted by Crippen LogP contribution is 2.41. The van der Waals surface area contributed by atoms with Crippen LogP contribution in [0.3, 0.4) is 0 Å². The van der Waals surface area contributed by atoms with Gasteiger partial charge in [-0.1, -0.05) is 11.8 Å². The highest BCUT2D eigenvalue weighted by Gasteiger charge is 2.35. The Morgan fingerprint density at radius 2 is 2.40 bits per heavy atom. The largest absolute Gasteiger partial charge is 0.332 e. The molecule has 0 radical (unpaired) electrons. The van der Waals surface area contributed by atoms with E-state index in [4.69, 9.17) is 0 Å². The van der Waals surface area contributed by atoms with Gasteiger partial charge < -0.3 is 5.32 Å². The molecule has 1 aliphatic heterocycles. The molecule has 1 fully saturated rings. The summed E-state index contributed by atoms with van der Waals surface area (Å²) >= 11 is 1.89. The molecule has 0 aromatic carbocycles. The number of aryl methyl sites for hydroxylation is 1. The fraction of sp³-hybridized carbons (Fsp3) is 0.600.